The predicted octanol–water partition coefficient (Wildman–Crippen LogP) is 2.07. The topological polar surface area (TPSA) is 91.2 Å². The van der Waals surface area contributed by atoms with Gasteiger partial charge in [0.05, 0.1) is 25.0 Å². The van der Waals surface area contributed by atoms with E-state index in [1.54, 1.807) is 18.2 Å². The van der Waals surface area contributed by atoms with E-state index in [0.717, 1.165) is 0 Å². The molecule has 0 aliphatic carbocycles. The molecule has 0 saturated heterocycles. The summed E-state index contributed by atoms with van der Waals surface area (Å²) in [6.07, 6.45) is 0. The molecule has 126 valence electrons. The second-order valence-electron chi connectivity index (χ2n) is 4.96. The normalized spacial score (nSPS) is 16.6. The quantitative estimate of drug-likeness (QED) is 0.824. The van der Waals surface area contributed by atoms with Gasteiger partial charge in [-0.2, -0.15) is 4.68 Å². The van der Waals surface area contributed by atoms with Crippen molar-refractivity contribution in [3.63, 3.8) is 0 Å². The first-order valence-electron chi connectivity index (χ1n) is 6.87. The van der Waals surface area contributed by atoms with Gasteiger partial charge in [-0.25, -0.2) is 4.79 Å². The molecule has 1 aromatic heterocycles. The van der Waals surface area contributed by atoms with E-state index in [0.29, 0.717) is 32.8 Å². The predicted molar refractivity (Wildman–Crippen MR) is 87.0 cm³/mol. The molecule has 1 aromatic carbocycles. The number of rotatable bonds is 4. The minimum Gasteiger partial charge on any atom is -0.466 e. The summed E-state index contributed by atoms with van der Waals surface area (Å²) in [5, 5.41) is 15.4. The molecule has 0 radical (unpaired) electrons. The number of anilines is 1. The van der Waals surface area contributed by atoms with Crippen molar-refractivity contribution in [1.29, 1.82) is 0 Å². The van der Waals surface area contributed by atoms with E-state index in [1.165, 1.54) is 18.9 Å². The lowest BCUT2D eigenvalue weighted by molar-refractivity contribution is -0.136. The van der Waals surface area contributed by atoms with Crippen molar-refractivity contribution in [2.24, 2.45) is 0 Å². The van der Waals surface area contributed by atoms with Gasteiger partial charge in [-0.1, -0.05) is 34.4 Å². The van der Waals surface area contributed by atoms with Gasteiger partial charge < -0.3 is 14.8 Å². The molecule has 1 aliphatic heterocycles. The highest BCUT2D eigenvalue weighted by atomic mass is 35.5. The monoisotopic (exact) mass is 369 g/mol. The lowest BCUT2D eigenvalue weighted by Crippen LogP contribution is -2.31. The number of ether oxygens (including phenoxy) is 2. The second kappa shape index (κ2) is 6.76. The lowest BCUT2D eigenvalue weighted by Gasteiger charge is -2.28. The molecule has 24 heavy (non-hydrogen) atoms. The summed E-state index contributed by atoms with van der Waals surface area (Å²) in [5.41, 5.74) is 1.43. The number of methoxy groups -OCH3 is 2. The average Bonchev–Trinajstić information content (AvgIpc) is 3.02. The molecule has 0 saturated carbocycles. The van der Waals surface area contributed by atoms with Crippen LogP contribution in [-0.4, -0.2) is 47.0 Å². The maximum atomic E-state index is 12.4. The molecular formula is C14H13Cl2N5O3. The number of aromatic nitrogens is 4. The zero-order valence-electron chi connectivity index (χ0n) is 12.8. The van der Waals surface area contributed by atoms with E-state index >= 15 is 0 Å². The van der Waals surface area contributed by atoms with Crippen molar-refractivity contribution in [2.75, 3.05) is 26.1 Å². The van der Waals surface area contributed by atoms with Gasteiger partial charge in [-0.15, -0.1) is 0 Å². The molecule has 1 N–H and O–H groups in total. The van der Waals surface area contributed by atoms with Crippen LogP contribution in [0.25, 0.3) is 0 Å². The van der Waals surface area contributed by atoms with Crippen LogP contribution in [0, 0.1) is 0 Å². The van der Waals surface area contributed by atoms with E-state index in [4.69, 9.17) is 32.7 Å². The highest BCUT2D eigenvalue weighted by Crippen LogP contribution is 2.38. The second-order valence-corrected chi connectivity index (χ2v) is 5.80. The van der Waals surface area contributed by atoms with E-state index in [-0.39, 0.29) is 6.61 Å². The number of hydrogen-bond donors (Lipinski definition) is 1. The van der Waals surface area contributed by atoms with Gasteiger partial charge >= 0.3 is 5.97 Å². The Morgan fingerprint density at radius 3 is 2.83 bits per heavy atom. The van der Waals surface area contributed by atoms with Crippen LogP contribution in [0.15, 0.2) is 29.5 Å². The summed E-state index contributed by atoms with van der Waals surface area (Å²) in [6, 6.07) is 4.33. The minimum atomic E-state index is -0.668. The number of hydrogen-bond acceptors (Lipinski definition) is 7. The van der Waals surface area contributed by atoms with Crippen LogP contribution < -0.4 is 5.32 Å². The average molecular weight is 370 g/mol. The zero-order chi connectivity index (χ0) is 17.3. The maximum Gasteiger partial charge on any atom is 0.338 e. The van der Waals surface area contributed by atoms with Crippen molar-refractivity contribution < 1.29 is 14.3 Å². The molecule has 1 atom stereocenters. The molecule has 3 rings (SSSR count). The number of nitrogens with zero attached hydrogens (tertiary/aromatic N) is 4. The number of fused-ring (bicyclic) bond motifs is 1. The number of nitrogens with one attached hydrogen (secondary N) is 1. The Bertz CT molecular complexity index is 820. The van der Waals surface area contributed by atoms with Gasteiger partial charge in [0.15, 0.2) is 0 Å². The van der Waals surface area contributed by atoms with Crippen LogP contribution >= 0.6 is 23.2 Å². The highest BCUT2D eigenvalue weighted by Gasteiger charge is 2.37. The van der Waals surface area contributed by atoms with E-state index in [1.807, 2.05) is 0 Å². The zero-order valence-corrected chi connectivity index (χ0v) is 14.3. The van der Waals surface area contributed by atoms with E-state index in [2.05, 4.69) is 20.8 Å². The van der Waals surface area contributed by atoms with E-state index < -0.39 is 12.0 Å². The first-order chi connectivity index (χ1) is 11.6. The highest BCUT2D eigenvalue weighted by molar-refractivity contribution is 6.35. The molecule has 2 heterocycles. The number of esters is 1. The molecule has 0 unspecified atom stereocenters. The Hall–Kier alpha value is -2.16. The number of benzene rings is 1. The third kappa shape index (κ3) is 2.83. The molecule has 0 fully saturated rings. The Kier molecular flexibility index (Phi) is 4.70. The smallest absolute Gasteiger partial charge is 0.338 e. The fraction of sp³-hybridized carbons (Fsp3) is 0.286. The summed E-state index contributed by atoms with van der Waals surface area (Å²) >= 11 is 12.3. The molecule has 1 aliphatic rings. The summed E-state index contributed by atoms with van der Waals surface area (Å²) in [7, 11) is 2.82. The molecule has 0 spiro atoms. The summed E-state index contributed by atoms with van der Waals surface area (Å²) in [5.74, 6) is -0.169. The molecular weight excluding hydrogens is 357 g/mol. The Morgan fingerprint density at radius 1 is 1.38 bits per heavy atom. The fourth-order valence-corrected chi connectivity index (χ4v) is 3.06. The lowest BCUT2D eigenvalue weighted by atomic mass is 9.95. The molecule has 8 nitrogen and oxygen atoms in total. The number of tetrazole rings is 1. The van der Waals surface area contributed by atoms with E-state index in [9.17, 15) is 4.79 Å². The van der Waals surface area contributed by atoms with Crippen LogP contribution in [0.5, 0.6) is 0 Å². The van der Waals surface area contributed by atoms with Gasteiger partial charge in [0.2, 0.25) is 5.95 Å². The van der Waals surface area contributed by atoms with Crippen LogP contribution in [-0.2, 0) is 14.3 Å². The fourth-order valence-electron chi connectivity index (χ4n) is 2.55. The molecule has 2 aromatic rings. The summed E-state index contributed by atoms with van der Waals surface area (Å²) in [6.45, 7) is 0.152. The molecule has 0 bridgehead atoms. The first kappa shape index (κ1) is 16.7. The summed E-state index contributed by atoms with van der Waals surface area (Å²) < 4.78 is 11.6. The van der Waals surface area contributed by atoms with Crippen molar-refractivity contribution >= 4 is 35.1 Å². The maximum absolute atomic E-state index is 12.4. The SMILES string of the molecule is COCC1=C(C(=O)OC)[C@H](c2ccc(Cl)cc2Cl)n2nnnc2N1. The Morgan fingerprint density at radius 2 is 2.17 bits per heavy atom. The van der Waals surface area contributed by atoms with Crippen molar-refractivity contribution in [3.05, 3.63) is 45.1 Å². The van der Waals surface area contributed by atoms with Gasteiger partial charge in [-0.05, 0) is 22.6 Å². The van der Waals surface area contributed by atoms with Crippen LogP contribution in [0.2, 0.25) is 10.0 Å². The minimum absolute atomic E-state index is 0.152. The van der Waals surface area contributed by atoms with Crippen molar-refractivity contribution in [1.82, 2.24) is 20.2 Å². The van der Waals surface area contributed by atoms with Crippen LogP contribution in [0.3, 0.4) is 0 Å². The van der Waals surface area contributed by atoms with Gasteiger partial charge in [0, 0.05) is 22.7 Å². The Balaban J connectivity index is 2.23. The Labute approximate surface area is 147 Å². The standard InChI is InChI=1S/C14H13Cl2N5O3/c1-23-6-10-11(13(22)24-2)12(21-14(17-10)18-19-20-21)8-4-3-7(15)5-9(8)16/h3-5,12H,6H2,1-2H3,(H,17,18,20)/t12-/m0/s1. The van der Waals surface area contributed by atoms with Crippen molar-refractivity contribution in [3.8, 4) is 0 Å². The van der Waals surface area contributed by atoms with Crippen LogP contribution in [0.4, 0.5) is 5.95 Å². The first-order valence-corrected chi connectivity index (χ1v) is 7.62. The number of halogens is 2. The van der Waals surface area contributed by atoms with Gasteiger partial charge in [0.1, 0.15) is 6.04 Å². The van der Waals surface area contributed by atoms with Gasteiger partial charge in [-0.3, -0.25) is 0 Å². The molecule has 10 heteroatoms. The van der Waals surface area contributed by atoms with Crippen molar-refractivity contribution in [2.45, 2.75) is 6.04 Å². The largest absolute Gasteiger partial charge is 0.466 e. The van der Waals surface area contributed by atoms with Crippen LogP contribution in [0.1, 0.15) is 11.6 Å². The van der Waals surface area contributed by atoms with Gasteiger partial charge in [0.25, 0.3) is 0 Å². The molecule has 0 amide bonds. The third-order valence-corrected chi connectivity index (χ3v) is 4.11. The number of carbonyl (C=O) groups is 1. The number of carbonyl (C=O) groups excluding carboxylic acids is 1. The third-order valence-electron chi connectivity index (χ3n) is 3.55. The summed E-state index contributed by atoms with van der Waals surface area (Å²) in [4.78, 5) is 12.4.